The van der Waals surface area contributed by atoms with E-state index in [2.05, 4.69) is 4.72 Å². The minimum Gasteiger partial charge on any atom is -0.340 e. The van der Waals surface area contributed by atoms with Crippen LogP contribution in [0.15, 0.2) is 83.8 Å². The number of halogens is 2. The van der Waals surface area contributed by atoms with E-state index in [4.69, 9.17) is 23.2 Å². The maximum Gasteiger partial charge on any atom is 0.242 e. The maximum atomic E-state index is 13.3. The van der Waals surface area contributed by atoms with Gasteiger partial charge in [-0.3, -0.25) is 4.79 Å². The fourth-order valence-electron chi connectivity index (χ4n) is 3.16. The van der Waals surface area contributed by atoms with E-state index in [0.717, 1.165) is 11.1 Å². The lowest BCUT2D eigenvalue weighted by atomic mass is 10.1. The SMILES string of the molecule is CN(Cc1ccccc1)C(=O)[C@@H](Cc1ccccc1)NS(=O)(=O)c1cc(Cl)ccc1Cl. The normalized spacial score (nSPS) is 12.4. The molecule has 0 unspecified atom stereocenters. The van der Waals surface area contributed by atoms with E-state index < -0.39 is 16.1 Å². The van der Waals surface area contributed by atoms with Gasteiger partial charge in [-0.1, -0.05) is 83.9 Å². The first kappa shape index (κ1) is 23.3. The molecule has 3 rings (SSSR count). The highest BCUT2D eigenvalue weighted by molar-refractivity contribution is 7.89. The van der Waals surface area contributed by atoms with Crippen LogP contribution in [0, 0.1) is 0 Å². The van der Waals surface area contributed by atoms with E-state index in [-0.39, 0.29) is 27.3 Å². The number of carbonyl (C=O) groups excluding carboxylic acids is 1. The molecule has 0 heterocycles. The highest BCUT2D eigenvalue weighted by Gasteiger charge is 2.29. The second-order valence-electron chi connectivity index (χ2n) is 7.12. The fraction of sp³-hybridized carbons (Fsp3) is 0.174. The van der Waals surface area contributed by atoms with E-state index >= 15 is 0 Å². The Labute approximate surface area is 192 Å². The summed E-state index contributed by atoms with van der Waals surface area (Å²) in [4.78, 5) is 14.6. The zero-order chi connectivity index (χ0) is 22.4. The minimum absolute atomic E-state index is 0.0282. The van der Waals surface area contributed by atoms with Crippen molar-refractivity contribution in [2.24, 2.45) is 0 Å². The van der Waals surface area contributed by atoms with Gasteiger partial charge in [0.25, 0.3) is 0 Å². The first-order valence-corrected chi connectivity index (χ1v) is 11.8. The van der Waals surface area contributed by atoms with E-state index in [1.165, 1.54) is 23.1 Å². The van der Waals surface area contributed by atoms with Gasteiger partial charge in [-0.25, -0.2) is 8.42 Å². The molecule has 3 aromatic rings. The standard InChI is InChI=1S/C23H22Cl2N2O3S/c1-27(16-18-10-6-3-7-11-18)23(28)21(14-17-8-4-2-5-9-17)26-31(29,30)22-15-19(24)12-13-20(22)25/h2-13,15,21,26H,14,16H2,1H3/t21-/m1/s1. The summed E-state index contributed by atoms with van der Waals surface area (Å²) in [7, 11) is -2.45. The lowest BCUT2D eigenvalue weighted by Gasteiger charge is -2.25. The van der Waals surface area contributed by atoms with Gasteiger partial charge in [0, 0.05) is 18.6 Å². The third-order valence-corrected chi connectivity index (χ3v) is 6.89. The van der Waals surface area contributed by atoms with Crippen LogP contribution in [0.5, 0.6) is 0 Å². The van der Waals surface area contributed by atoms with E-state index in [0.29, 0.717) is 6.54 Å². The molecule has 5 nitrogen and oxygen atoms in total. The lowest BCUT2D eigenvalue weighted by molar-refractivity contribution is -0.132. The third kappa shape index (κ3) is 6.31. The van der Waals surface area contributed by atoms with Crippen LogP contribution in [0.2, 0.25) is 10.0 Å². The number of amides is 1. The van der Waals surface area contributed by atoms with Crippen LogP contribution in [0.1, 0.15) is 11.1 Å². The lowest BCUT2D eigenvalue weighted by Crippen LogP contribution is -2.48. The summed E-state index contributed by atoms with van der Waals surface area (Å²) in [5.41, 5.74) is 1.77. The first-order valence-electron chi connectivity index (χ1n) is 9.56. The second-order valence-corrected chi connectivity index (χ2v) is 9.64. The van der Waals surface area contributed by atoms with Crippen LogP contribution >= 0.6 is 23.2 Å². The molecular weight excluding hydrogens is 455 g/mol. The van der Waals surface area contributed by atoms with Gasteiger partial charge in [-0.05, 0) is 35.7 Å². The van der Waals surface area contributed by atoms with Crippen molar-refractivity contribution in [3.05, 3.63) is 100 Å². The van der Waals surface area contributed by atoms with Crippen molar-refractivity contribution in [2.75, 3.05) is 7.05 Å². The van der Waals surface area contributed by atoms with Crippen molar-refractivity contribution >= 4 is 39.1 Å². The zero-order valence-corrected chi connectivity index (χ0v) is 19.2. The van der Waals surface area contributed by atoms with Crippen molar-refractivity contribution in [1.29, 1.82) is 0 Å². The topological polar surface area (TPSA) is 66.5 Å². The highest BCUT2D eigenvalue weighted by Crippen LogP contribution is 2.25. The molecule has 0 saturated heterocycles. The summed E-state index contributed by atoms with van der Waals surface area (Å²) in [6.07, 6.45) is 0.191. The van der Waals surface area contributed by atoms with Gasteiger partial charge in [-0.2, -0.15) is 4.72 Å². The Morgan fingerprint density at radius 3 is 2.13 bits per heavy atom. The summed E-state index contributed by atoms with van der Waals surface area (Å²) >= 11 is 12.1. The van der Waals surface area contributed by atoms with Crippen molar-refractivity contribution in [2.45, 2.75) is 23.9 Å². The van der Waals surface area contributed by atoms with Crippen LogP contribution in [0.4, 0.5) is 0 Å². The van der Waals surface area contributed by atoms with Crippen LogP contribution in [-0.4, -0.2) is 32.3 Å². The molecule has 31 heavy (non-hydrogen) atoms. The van der Waals surface area contributed by atoms with Crippen molar-refractivity contribution in [3.8, 4) is 0 Å². The largest absolute Gasteiger partial charge is 0.340 e. The average Bonchev–Trinajstić information content (AvgIpc) is 2.75. The Hall–Kier alpha value is -2.38. The maximum absolute atomic E-state index is 13.3. The molecule has 1 amide bonds. The molecular formula is C23H22Cl2N2O3S. The van der Waals surface area contributed by atoms with Crippen LogP contribution < -0.4 is 4.72 Å². The Morgan fingerprint density at radius 2 is 1.52 bits per heavy atom. The summed E-state index contributed by atoms with van der Waals surface area (Å²) in [6.45, 7) is 0.352. The Balaban J connectivity index is 1.88. The van der Waals surface area contributed by atoms with Crippen LogP contribution in [0.3, 0.4) is 0 Å². The smallest absolute Gasteiger partial charge is 0.242 e. The molecule has 0 aliphatic heterocycles. The highest BCUT2D eigenvalue weighted by atomic mass is 35.5. The molecule has 162 valence electrons. The van der Waals surface area contributed by atoms with Gasteiger partial charge < -0.3 is 4.90 Å². The number of rotatable bonds is 8. The van der Waals surface area contributed by atoms with E-state index in [1.807, 2.05) is 60.7 Å². The molecule has 8 heteroatoms. The van der Waals surface area contributed by atoms with E-state index in [9.17, 15) is 13.2 Å². The van der Waals surface area contributed by atoms with E-state index in [1.54, 1.807) is 7.05 Å². The number of hydrogen-bond donors (Lipinski definition) is 1. The molecule has 0 spiro atoms. The van der Waals surface area contributed by atoms with Crippen LogP contribution in [-0.2, 0) is 27.8 Å². The quantitative estimate of drug-likeness (QED) is 0.518. The molecule has 0 radical (unpaired) electrons. The number of sulfonamides is 1. The van der Waals surface area contributed by atoms with Crippen molar-refractivity contribution < 1.29 is 13.2 Å². The Morgan fingerprint density at radius 1 is 0.935 bits per heavy atom. The average molecular weight is 477 g/mol. The minimum atomic E-state index is -4.10. The predicted molar refractivity (Wildman–Crippen MR) is 124 cm³/mol. The number of carbonyl (C=O) groups is 1. The molecule has 0 aliphatic rings. The predicted octanol–water partition coefficient (Wildman–Crippen LogP) is 4.54. The molecule has 0 saturated carbocycles. The zero-order valence-electron chi connectivity index (χ0n) is 16.8. The number of likely N-dealkylation sites (N-methyl/N-ethyl adjacent to an activating group) is 1. The summed E-state index contributed by atoms with van der Waals surface area (Å²) in [5.74, 6) is -0.352. The summed E-state index contributed by atoms with van der Waals surface area (Å²) in [6, 6.07) is 21.9. The first-order chi connectivity index (χ1) is 14.8. The third-order valence-electron chi connectivity index (χ3n) is 4.70. The van der Waals surface area contributed by atoms with Crippen LogP contribution in [0.25, 0.3) is 0 Å². The number of hydrogen-bond acceptors (Lipinski definition) is 3. The molecule has 0 bridgehead atoms. The molecule has 1 N–H and O–H groups in total. The summed E-state index contributed by atoms with van der Waals surface area (Å²) < 4.78 is 28.7. The van der Waals surface area contributed by atoms with Gasteiger partial charge in [0.15, 0.2) is 0 Å². The molecule has 0 fully saturated rings. The summed E-state index contributed by atoms with van der Waals surface area (Å²) in [5, 5.41) is 0.261. The van der Waals surface area contributed by atoms with Gasteiger partial charge in [-0.15, -0.1) is 0 Å². The number of benzene rings is 3. The number of nitrogens with zero attached hydrogens (tertiary/aromatic N) is 1. The van der Waals surface area contributed by atoms with Gasteiger partial charge in [0.05, 0.1) is 5.02 Å². The molecule has 0 aliphatic carbocycles. The molecule has 1 atom stereocenters. The molecule has 0 aromatic heterocycles. The van der Waals surface area contributed by atoms with Gasteiger partial charge in [0.2, 0.25) is 15.9 Å². The molecule has 3 aromatic carbocycles. The monoisotopic (exact) mass is 476 g/mol. The van der Waals surface area contributed by atoms with Gasteiger partial charge in [0.1, 0.15) is 10.9 Å². The Bertz CT molecular complexity index is 1140. The van der Waals surface area contributed by atoms with Crippen molar-refractivity contribution in [3.63, 3.8) is 0 Å². The fourth-order valence-corrected chi connectivity index (χ4v) is 5.12. The number of nitrogens with one attached hydrogen (secondary N) is 1. The Kier molecular flexibility index (Phi) is 7.73. The van der Waals surface area contributed by atoms with Gasteiger partial charge >= 0.3 is 0 Å². The second kappa shape index (κ2) is 10.3. The van der Waals surface area contributed by atoms with Crippen molar-refractivity contribution in [1.82, 2.24) is 9.62 Å².